The Bertz CT molecular complexity index is 1170. The first-order valence-corrected chi connectivity index (χ1v) is 10.5. The van der Waals surface area contributed by atoms with Crippen molar-refractivity contribution in [1.29, 1.82) is 0 Å². The second-order valence-electron chi connectivity index (χ2n) is 7.14. The molecular formula is C25H23ClN2O2. The minimum absolute atomic E-state index is 0.00825. The van der Waals surface area contributed by atoms with Crippen molar-refractivity contribution < 1.29 is 4.74 Å². The summed E-state index contributed by atoms with van der Waals surface area (Å²) >= 11 is 6.04. The standard InChI is InChI=1S/C25H23ClN2O2/c26-20-15-13-19(14-16-20)24-27-23-12-6-5-11-22(23)25(29)28(24)17-7-2-8-18-30-21-9-3-1-4-10-21/h1,3-6,9-16H,2,7-8,17-18H2. The Morgan fingerprint density at radius 2 is 1.57 bits per heavy atom. The number of hydrogen-bond donors (Lipinski definition) is 0. The van der Waals surface area contributed by atoms with E-state index in [1.54, 1.807) is 4.57 Å². The quantitative estimate of drug-likeness (QED) is 0.331. The maximum atomic E-state index is 13.2. The molecule has 3 aromatic carbocycles. The van der Waals surface area contributed by atoms with Crippen molar-refractivity contribution in [2.75, 3.05) is 6.61 Å². The van der Waals surface area contributed by atoms with Crippen LogP contribution in [0.1, 0.15) is 19.3 Å². The van der Waals surface area contributed by atoms with Gasteiger partial charge < -0.3 is 4.74 Å². The Morgan fingerprint density at radius 3 is 2.37 bits per heavy atom. The minimum atomic E-state index is -0.00825. The molecule has 0 atom stereocenters. The van der Waals surface area contributed by atoms with Crippen LogP contribution in [0.2, 0.25) is 5.02 Å². The smallest absolute Gasteiger partial charge is 0.261 e. The molecule has 0 aliphatic carbocycles. The Balaban J connectivity index is 1.49. The molecule has 5 heteroatoms. The molecule has 0 aliphatic heterocycles. The van der Waals surface area contributed by atoms with Crippen LogP contribution in [-0.4, -0.2) is 16.2 Å². The van der Waals surface area contributed by atoms with Gasteiger partial charge in [0.2, 0.25) is 0 Å². The number of halogens is 1. The van der Waals surface area contributed by atoms with Crippen LogP contribution < -0.4 is 10.3 Å². The zero-order valence-corrected chi connectivity index (χ0v) is 17.4. The lowest BCUT2D eigenvalue weighted by Gasteiger charge is -2.14. The third-order valence-electron chi connectivity index (χ3n) is 5.00. The van der Waals surface area contributed by atoms with Gasteiger partial charge in [-0.1, -0.05) is 41.9 Å². The SMILES string of the molecule is O=c1c2ccccc2nc(-c2ccc(Cl)cc2)n1CCCCCOc1ccccc1. The van der Waals surface area contributed by atoms with Gasteiger partial charge in [-0.05, 0) is 67.8 Å². The lowest BCUT2D eigenvalue weighted by Crippen LogP contribution is -2.23. The number of aromatic nitrogens is 2. The molecule has 0 N–H and O–H groups in total. The number of unbranched alkanes of at least 4 members (excludes halogenated alkanes) is 2. The van der Waals surface area contributed by atoms with Gasteiger partial charge >= 0.3 is 0 Å². The third kappa shape index (κ3) is 4.71. The summed E-state index contributed by atoms with van der Waals surface area (Å²) in [5, 5.41) is 1.30. The number of nitrogens with zero attached hydrogens (tertiary/aromatic N) is 2. The number of rotatable bonds is 8. The van der Waals surface area contributed by atoms with E-state index in [-0.39, 0.29) is 5.56 Å². The molecule has 152 valence electrons. The van der Waals surface area contributed by atoms with Gasteiger partial charge in [0.25, 0.3) is 5.56 Å². The number of ether oxygens (including phenoxy) is 1. The van der Waals surface area contributed by atoms with Crippen molar-refractivity contribution in [2.24, 2.45) is 0 Å². The largest absolute Gasteiger partial charge is 0.494 e. The van der Waals surface area contributed by atoms with E-state index in [9.17, 15) is 4.79 Å². The predicted octanol–water partition coefficient (Wildman–Crippen LogP) is 5.97. The zero-order chi connectivity index (χ0) is 20.8. The van der Waals surface area contributed by atoms with E-state index in [1.165, 1.54) is 0 Å². The zero-order valence-electron chi connectivity index (χ0n) is 16.6. The topological polar surface area (TPSA) is 44.1 Å². The molecule has 0 amide bonds. The summed E-state index contributed by atoms with van der Waals surface area (Å²) in [6.07, 6.45) is 2.77. The van der Waals surface area contributed by atoms with Gasteiger partial charge in [-0.25, -0.2) is 4.98 Å². The van der Waals surface area contributed by atoms with Gasteiger partial charge in [0, 0.05) is 17.1 Å². The summed E-state index contributed by atoms with van der Waals surface area (Å²) in [6, 6.07) is 24.8. The summed E-state index contributed by atoms with van der Waals surface area (Å²) in [6.45, 7) is 1.28. The molecule has 0 spiro atoms. The molecule has 0 saturated heterocycles. The van der Waals surface area contributed by atoms with Crippen molar-refractivity contribution in [2.45, 2.75) is 25.8 Å². The van der Waals surface area contributed by atoms with E-state index in [1.807, 2.05) is 78.9 Å². The van der Waals surface area contributed by atoms with E-state index < -0.39 is 0 Å². The molecule has 0 bridgehead atoms. The van der Waals surface area contributed by atoms with Gasteiger partial charge in [-0.15, -0.1) is 0 Å². The highest BCUT2D eigenvalue weighted by atomic mass is 35.5. The fraction of sp³-hybridized carbons (Fsp3) is 0.200. The molecule has 4 nitrogen and oxygen atoms in total. The van der Waals surface area contributed by atoms with Gasteiger partial charge in [0.15, 0.2) is 0 Å². The second-order valence-corrected chi connectivity index (χ2v) is 7.57. The average molecular weight is 419 g/mol. The molecule has 0 aliphatic rings. The molecule has 0 saturated carbocycles. The van der Waals surface area contributed by atoms with Crippen LogP contribution in [0.5, 0.6) is 5.75 Å². The van der Waals surface area contributed by atoms with E-state index in [0.717, 1.165) is 30.6 Å². The van der Waals surface area contributed by atoms with Crippen molar-refractivity contribution in [1.82, 2.24) is 9.55 Å². The molecule has 4 rings (SSSR count). The Hall–Kier alpha value is -3.11. The monoisotopic (exact) mass is 418 g/mol. The normalized spacial score (nSPS) is 11.0. The molecule has 30 heavy (non-hydrogen) atoms. The van der Waals surface area contributed by atoms with Crippen molar-refractivity contribution >= 4 is 22.5 Å². The summed E-state index contributed by atoms with van der Waals surface area (Å²) < 4.78 is 7.53. The van der Waals surface area contributed by atoms with Gasteiger partial charge in [0.05, 0.1) is 17.5 Å². The van der Waals surface area contributed by atoms with Gasteiger partial charge in [0.1, 0.15) is 11.6 Å². The number of benzene rings is 3. The highest BCUT2D eigenvalue weighted by Crippen LogP contribution is 2.21. The fourth-order valence-electron chi connectivity index (χ4n) is 3.45. The van der Waals surface area contributed by atoms with Crippen LogP contribution in [0.25, 0.3) is 22.3 Å². The van der Waals surface area contributed by atoms with Crippen LogP contribution in [0, 0.1) is 0 Å². The van der Waals surface area contributed by atoms with Crippen LogP contribution in [-0.2, 0) is 6.54 Å². The van der Waals surface area contributed by atoms with Crippen LogP contribution in [0.15, 0.2) is 83.7 Å². The predicted molar refractivity (Wildman–Crippen MR) is 122 cm³/mol. The fourth-order valence-corrected chi connectivity index (χ4v) is 3.58. The van der Waals surface area contributed by atoms with E-state index in [2.05, 4.69) is 0 Å². The first kappa shape index (κ1) is 20.2. The lowest BCUT2D eigenvalue weighted by molar-refractivity contribution is 0.303. The highest BCUT2D eigenvalue weighted by Gasteiger charge is 2.12. The van der Waals surface area contributed by atoms with Crippen LogP contribution in [0.4, 0.5) is 0 Å². The van der Waals surface area contributed by atoms with Crippen molar-refractivity contribution in [3.63, 3.8) is 0 Å². The number of hydrogen-bond acceptors (Lipinski definition) is 3. The molecule has 1 aromatic heterocycles. The van der Waals surface area contributed by atoms with Crippen LogP contribution >= 0.6 is 11.6 Å². The van der Waals surface area contributed by atoms with E-state index >= 15 is 0 Å². The summed E-state index contributed by atoms with van der Waals surface area (Å²) in [5.74, 6) is 1.56. The second kappa shape index (κ2) is 9.59. The van der Waals surface area contributed by atoms with Gasteiger partial charge in [-0.2, -0.15) is 0 Å². The van der Waals surface area contributed by atoms with E-state index in [0.29, 0.717) is 34.9 Å². The summed E-state index contributed by atoms with van der Waals surface area (Å²) in [7, 11) is 0. The van der Waals surface area contributed by atoms with Gasteiger partial charge in [-0.3, -0.25) is 9.36 Å². The maximum Gasteiger partial charge on any atom is 0.261 e. The van der Waals surface area contributed by atoms with Crippen LogP contribution in [0.3, 0.4) is 0 Å². The molecule has 1 heterocycles. The Labute approximate surface area is 180 Å². The lowest BCUT2D eigenvalue weighted by atomic mass is 10.1. The molecule has 4 aromatic rings. The average Bonchev–Trinajstić information content (AvgIpc) is 2.78. The Morgan fingerprint density at radius 1 is 0.833 bits per heavy atom. The third-order valence-corrected chi connectivity index (χ3v) is 5.25. The molecule has 0 fully saturated rings. The molecule has 0 radical (unpaired) electrons. The molecule has 0 unspecified atom stereocenters. The first-order valence-electron chi connectivity index (χ1n) is 10.2. The Kier molecular flexibility index (Phi) is 6.45. The van der Waals surface area contributed by atoms with Crippen molar-refractivity contribution in [3.05, 3.63) is 94.2 Å². The highest BCUT2D eigenvalue weighted by molar-refractivity contribution is 6.30. The summed E-state index contributed by atoms with van der Waals surface area (Å²) in [4.78, 5) is 18.0. The summed E-state index contributed by atoms with van der Waals surface area (Å²) in [5.41, 5.74) is 1.58. The molecular weight excluding hydrogens is 396 g/mol. The maximum absolute atomic E-state index is 13.2. The van der Waals surface area contributed by atoms with E-state index in [4.69, 9.17) is 21.3 Å². The van der Waals surface area contributed by atoms with Crippen molar-refractivity contribution in [3.8, 4) is 17.1 Å². The number of fused-ring (bicyclic) bond motifs is 1. The minimum Gasteiger partial charge on any atom is -0.494 e. The first-order chi connectivity index (χ1) is 14.7. The number of para-hydroxylation sites is 2.